The minimum absolute atomic E-state index is 0.459. The Morgan fingerprint density at radius 1 is 1.64 bits per heavy atom. The van der Waals surface area contributed by atoms with E-state index >= 15 is 0 Å². The van der Waals surface area contributed by atoms with Crippen LogP contribution in [0.4, 0.5) is 0 Å². The first-order valence-corrected chi connectivity index (χ1v) is 5.46. The fourth-order valence-electron chi connectivity index (χ4n) is 2.46. The number of hydrogen-bond donors (Lipinski definition) is 2. The van der Waals surface area contributed by atoms with Crippen molar-refractivity contribution in [2.24, 2.45) is 17.6 Å². The van der Waals surface area contributed by atoms with Gasteiger partial charge in [-0.2, -0.15) is 0 Å². The lowest BCUT2D eigenvalue weighted by atomic mass is 9.75. The molecule has 1 aliphatic carbocycles. The molecular weight excluding hydrogens is 178 g/mol. The van der Waals surface area contributed by atoms with Crippen LogP contribution in [0.3, 0.4) is 0 Å². The summed E-state index contributed by atoms with van der Waals surface area (Å²) in [7, 11) is 0. The molecule has 3 heteroatoms. The molecule has 3 nitrogen and oxygen atoms in total. The van der Waals surface area contributed by atoms with Gasteiger partial charge in [0.05, 0.1) is 0 Å². The third-order valence-corrected chi connectivity index (χ3v) is 3.09. The second-order valence-corrected chi connectivity index (χ2v) is 4.99. The number of carbonyl (C=O) groups excluding carboxylic acids is 1. The molecule has 0 spiro atoms. The van der Waals surface area contributed by atoms with Gasteiger partial charge in [0, 0.05) is 0 Å². The average molecular weight is 199 g/mol. The molecule has 0 radical (unpaired) electrons. The number of rotatable bonds is 3. The molecule has 1 saturated carbocycles. The Balaban J connectivity index is 2.55. The maximum Gasteiger partial charge on any atom is 0.249 e. The lowest BCUT2D eigenvalue weighted by molar-refractivity contribution is -0.141. The molecule has 0 aromatic carbocycles. The van der Waals surface area contributed by atoms with Crippen molar-refractivity contribution >= 4 is 5.91 Å². The third kappa shape index (κ3) is 2.71. The van der Waals surface area contributed by atoms with Gasteiger partial charge in [0.15, 0.2) is 0 Å². The van der Waals surface area contributed by atoms with Gasteiger partial charge in [0.25, 0.3) is 0 Å². The van der Waals surface area contributed by atoms with E-state index in [2.05, 4.69) is 13.8 Å². The van der Waals surface area contributed by atoms with E-state index in [0.29, 0.717) is 24.7 Å². The van der Waals surface area contributed by atoms with Crippen LogP contribution in [-0.2, 0) is 4.79 Å². The van der Waals surface area contributed by atoms with E-state index in [1.165, 1.54) is 0 Å². The first-order chi connectivity index (χ1) is 6.44. The predicted molar refractivity (Wildman–Crippen MR) is 55.6 cm³/mol. The Morgan fingerprint density at radius 3 is 2.79 bits per heavy atom. The predicted octanol–water partition coefficient (Wildman–Crippen LogP) is 1.44. The van der Waals surface area contributed by atoms with Gasteiger partial charge in [0.1, 0.15) is 5.60 Å². The molecule has 1 rings (SSSR count). The zero-order valence-electron chi connectivity index (χ0n) is 9.12. The largest absolute Gasteiger partial charge is 0.380 e. The van der Waals surface area contributed by atoms with E-state index in [4.69, 9.17) is 5.73 Å². The zero-order valence-corrected chi connectivity index (χ0v) is 9.12. The summed E-state index contributed by atoms with van der Waals surface area (Å²) in [6.07, 6.45) is 4.21. The van der Waals surface area contributed by atoms with Gasteiger partial charge >= 0.3 is 0 Å². The topological polar surface area (TPSA) is 63.3 Å². The number of carbonyl (C=O) groups is 1. The highest BCUT2D eigenvalue weighted by atomic mass is 16.3. The molecule has 3 N–H and O–H groups in total. The average Bonchev–Trinajstić information content (AvgIpc) is 2.02. The summed E-state index contributed by atoms with van der Waals surface area (Å²) >= 11 is 0. The van der Waals surface area contributed by atoms with Crippen LogP contribution in [0, 0.1) is 11.8 Å². The van der Waals surface area contributed by atoms with Crippen molar-refractivity contribution in [1.82, 2.24) is 0 Å². The maximum absolute atomic E-state index is 11.1. The van der Waals surface area contributed by atoms with E-state index < -0.39 is 11.5 Å². The maximum atomic E-state index is 11.1. The van der Waals surface area contributed by atoms with Gasteiger partial charge < -0.3 is 10.8 Å². The monoisotopic (exact) mass is 199 g/mol. The second-order valence-electron chi connectivity index (χ2n) is 4.99. The van der Waals surface area contributed by atoms with Crippen LogP contribution in [0.2, 0.25) is 0 Å². The molecule has 0 aromatic heterocycles. The van der Waals surface area contributed by atoms with Gasteiger partial charge in [-0.05, 0) is 37.5 Å². The second kappa shape index (κ2) is 4.30. The van der Waals surface area contributed by atoms with Crippen molar-refractivity contribution in [3.8, 4) is 0 Å². The molecular formula is C11H21NO2. The highest BCUT2D eigenvalue weighted by molar-refractivity contribution is 5.83. The van der Waals surface area contributed by atoms with Crippen molar-refractivity contribution in [1.29, 1.82) is 0 Å². The summed E-state index contributed by atoms with van der Waals surface area (Å²) in [6, 6.07) is 0. The molecule has 14 heavy (non-hydrogen) atoms. The van der Waals surface area contributed by atoms with E-state index in [1.54, 1.807) is 0 Å². The summed E-state index contributed by atoms with van der Waals surface area (Å²) in [5.41, 5.74) is 3.98. The standard InChI is InChI=1S/C11H21NO2/c1-8(2)6-9-4-3-5-11(14,7-9)10(12)13/h8-9,14H,3-7H2,1-2H3,(H2,12,13). The number of aliphatic hydroxyl groups is 1. The Morgan fingerprint density at radius 2 is 2.29 bits per heavy atom. The van der Waals surface area contributed by atoms with Crippen molar-refractivity contribution in [3.63, 3.8) is 0 Å². The lowest BCUT2D eigenvalue weighted by Gasteiger charge is -2.35. The molecule has 0 bridgehead atoms. The van der Waals surface area contributed by atoms with Crippen molar-refractivity contribution in [3.05, 3.63) is 0 Å². The van der Waals surface area contributed by atoms with E-state index in [1.807, 2.05) is 0 Å². The SMILES string of the molecule is CC(C)CC1CCCC(O)(C(N)=O)C1. The first-order valence-electron chi connectivity index (χ1n) is 5.46. The van der Waals surface area contributed by atoms with Crippen molar-refractivity contribution < 1.29 is 9.90 Å². The van der Waals surface area contributed by atoms with E-state index in [-0.39, 0.29) is 0 Å². The van der Waals surface area contributed by atoms with Gasteiger partial charge in [-0.15, -0.1) is 0 Å². The van der Waals surface area contributed by atoms with Crippen molar-refractivity contribution in [2.75, 3.05) is 0 Å². The molecule has 82 valence electrons. The summed E-state index contributed by atoms with van der Waals surface area (Å²) in [4.78, 5) is 11.1. The molecule has 2 unspecified atom stereocenters. The van der Waals surface area contributed by atoms with Crippen LogP contribution >= 0.6 is 0 Å². The number of hydrogen-bond acceptors (Lipinski definition) is 2. The third-order valence-electron chi connectivity index (χ3n) is 3.09. The molecule has 2 atom stereocenters. The van der Waals surface area contributed by atoms with Crippen molar-refractivity contribution in [2.45, 2.75) is 51.6 Å². The molecule has 0 saturated heterocycles. The smallest absolute Gasteiger partial charge is 0.249 e. The molecule has 0 aromatic rings. The van der Waals surface area contributed by atoms with Crippen LogP contribution < -0.4 is 5.73 Å². The Labute approximate surface area is 85.7 Å². The molecule has 1 aliphatic rings. The van der Waals surface area contributed by atoms with Crippen LogP contribution in [0.25, 0.3) is 0 Å². The summed E-state index contributed by atoms with van der Waals surface area (Å²) in [5, 5.41) is 9.96. The van der Waals surface area contributed by atoms with Gasteiger partial charge in [0.2, 0.25) is 5.91 Å². The Hall–Kier alpha value is -0.570. The fourth-order valence-corrected chi connectivity index (χ4v) is 2.46. The fraction of sp³-hybridized carbons (Fsp3) is 0.909. The van der Waals surface area contributed by atoms with Crippen LogP contribution in [0.15, 0.2) is 0 Å². The highest BCUT2D eigenvalue weighted by Gasteiger charge is 2.39. The Bertz CT molecular complexity index is 215. The zero-order chi connectivity index (χ0) is 10.8. The van der Waals surface area contributed by atoms with Crippen LogP contribution in [-0.4, -0.2) is 16.6 Å². The lowest BCUT2D eigenvalue weighted by Crippen LogP contribution is -2.47. The Kier molecular flexibility index (Phi) is 3.53. The minimum atomic E-state index is -1.22. The summed E-state index contributed by atoms with van der Waals surface area (Å²) < 4.78 is 0. The molecule has 0 aliphatic heterocycles. The summed E-state index contributed by atoms with van der Waals surface area (Å²) in [5.74, 6) is 0.530. The van der Waals surface area contributed by atoms with Crippen LogP contribution in [0.1, 0.15) is 46.0 Å². The normalized spacial score (nSPS) is 33.3. The van der Waals surface area contributed by atoms with Gasteiger partial charge in [-0.25, -0.2) is 0 Å². The van der Waals surface area contributed by atoms with Gasteiger partial charge in [-0.3, -0.25) is 4.79 Å². The molecule has 1 amide bonds. The minimum Gasteiger partial charge on any atom is -0.380 e. The summed E-state index contributed by atoms with van der Waals surface area (Å²) in [6.45, 7) is 4.33. The highest BCUT2D eigenvalue weighted by Crippen LogP contribution is 2.35. The van der Waals surface area contributed by atoms with E-state index in [9.17, 15) is 9.90 Å². The number of primary amides is 1. The molecule has 1 fully saturated rings. The quantitative estimate of drug-likeness (QED) is 0.722. The number of amides is 1. The molecule has 0 heterocycles. The van der Waals surface area contributed by atoms with E-state index in [0.717, 1.165) is 19.3 Å². The number of nitrogens with two attached hydrogens (primary N) is 1. The van der Waals surface area contributed by atoms with Gasteiger partial charge in [-0.1, -0.05) is 20.3 Å². The first kappa shape index (κ1) is 11.5. The van der Waals surface area contributed by atoms with Crippen LogP contribution in [0.5, 0.6) is 0 Å².